The van der Waals surface area contributed by atoms with Crippen LogP contribution < -0.4 is 5.32 Å². The van der Waals surface area contributed by atoms with E-state index >= 15 is 0 Å². The van der Waals surface area contributed by atoms with Crippen molar-refractivity contribution in [1.29, 1.82) is 0 Å². The lowest BCUT2D eigenvalue weighted by Gasteiger charge is -2.11. The molecule has 0 aliphatic carbocycles. The van der Waals surface area contributed by atoms with Gasteiger partial charge in [-0.3, -0.25) is 0 Å². The van der Waals surface area contributed by atoms with Gasteiger partial charge in [0.25, 0.3) is 0 Å². The van der Waals surface area contributed by atoms with E-state index in [1.165, 1.54) is 0 Å². The minimum atomic E-state index is -1.32. The van der Waals surface area contributed by atoms with Gasteiger partial charge in [0, 0.05) is 9.77 Å². The molecule has 0 amide bonds. The first kappa shape index (κ1) is 16.5. The standard InChI is InChI=1S/C14H16INO4/c1-3-9(2)20-14(19)10(13(17)18)8-16-12-7-5-4-6-11(12)15/h4-9,16H,3H2,1-2H3,(H,17,18). The first-order valence-corrected chi connectivity index (χ1v) is 7.19. The molecule has 1 rings (SSSR count). The first-order valence-electron chi connectivity index (χ1n) is 6.11. The molecule has 0 aliphatic rings. The highest BCUT2D eigenvalue weighted by Gasteiger charge is 2.20. The fraction of sp³-hybridized carbons (Fsp3) is 0.286. The third kappa shape index (κ3) is 4.84. The molecule has 0 fully saturated rings. The predicted octanol–water partition coefficient (Wildman–Crippen LogP) is 3.01. The van der Waals surface area contributed by atoms with Crippen LogP contribution in [0.4, 0.5) is 5.69 Å². The van der Waals surface area contributed by atoms with E-state index in [0.717, 1.165) is 15.5 Å². The van der Waals surface area contributed by atoms with Gasteiger partial charge in [-0.25, -0.2) is 9.59 Å². The van der Waals surface area contributed by atoms with Crippen molar-refractivity contribution in [1.82, 2.24) is 0 Å². The van der Waals surface area contributed by atoms with Gasteiger partial charge in [-0.2, -0.15) is 0 Å². The number of carboxylic acid groups (broad SMARTS) is 1. The molecular weight excluding hydrogens is 373 g/mol. The molecule has 108 valence electrons. The van der Waals surface area contributed by atoms with E-state index in [2.05, 4.69) is 27.9 Å². The maximum absolute atomic E-state index is 11.7. The number of rotatable bonds is 6. The number of ether oxygens (including phenoxy) is 1. The van der Waals surface area contributed by atoms with Crippen molar-refractivity contribution >= 4 is 40.2 Å². The Morgan fingerprint density at radius 2 is 2.10 bits per heavy atom. The quantitative estimate of drug-likeness (QED) is 0.257. The van der Waals surface area contributed by atoms with Crippen LogP contribution >= 0.6 is 22.6 Å². The van der Waals surface area contributed by atoms with Crippen molar-refractivity contribution in [3.05, 3.63) is 39.6 Å². The van der Waals surface area contributed by atoms with Gasteiger partial charge in [-0.1, -0.05) is 19.1 Å². The number of hydrogen-bond acceptors (Lipinski definition) is 4. The minimum absolute atomic E-state index is 0.317. The van der Waals surface area contributed by atoms with Crippen molar-refractivity contribution < 1.29 is 19.4 Å². The highest BCUT2D eigenvalue weighted by molar-refractivity contribution is 14.1. The van der Waals surface area contributed by atoms with E-state index < -0.39 is 17.5 Å². The zero-order valence-electron chi connectivity index (χ0n) is 11.2. The van der Waals surface area contributed by atoms with Crippen LogP contribution in [0.3, 0.4) is 0 Å². The second-order valence-corrected chi connectivity index (χ2v) is 5.27. The largest absolute Gasteiger partial charge is 0.477 e. The molecule has 1 aromatic rings. The third-order valence-corrected chi connectivity index (χ3v) is 3.52. The lowest BCUT2D eigenvalue weighted by atomic mass is 10.2. The number of carboxylic acids is 1. The molecule has 0 aliphatic heterocycles. The number of aliphatic carboxylic acids is 1. The van der Waals surface area contributed by atoms with E-state index in [-0.39, 0.29) is 6.10 Å². The topological polar surface area (TPSA) is 75.6 Å². The summed E-state index contributed by atoms with van der Waals surface area (Å²) in [6.07, 6.45) is 1.47. The number of para-hydroxylation sites is 1. The number of carbonyl (C=O) groups excluding carboxylic acids is 1. The highest BCUT2D eigenvalue weighted by atomic mass is 127. The van der Waals surface area contributed by atoms with Gasteiger partial charge < -0.3 is 15.2 Å². The lowest BCUT2D eigenvalue weighted by molar-refractivity contribution is -0.147. The van der Waals surface area contributed by atoms with Crippen LogP contribution in [0.25, 0.3) is 0 Å². The number of esters is 1. The zero-order valence-corrected chi connectivity index (χ0v) is 13.4. The fourth-order valence-corrected chi connectivity index (χ4v) is 1.81. The van der Waals surface area contributed by atoms with Gasteiger partial charge in [0.05, 0.1) is 11.8 Å². The second kappa shape index (κ2) is 7.88. The van der Waals surface area contributed by atoms with Crippen LogP contribution in [0.5, 0.6) is 0 Å². The van der Waals surface area contributed by atoms with E-state index in [1.54, 1.807) is 13.0 Å². The summed E-state index contributed by atoms with van der Waals surface area (Å²) in [6, 6.07) is 7.34. The van der Waals surface area contributed by atoms with Crippen LogP contribution in [0.1, 0.15) is 20.3 Å². The summed E-state index contributed by atoms with van der Waals surface area (Å²) in [4.78, 5) is 22.9. The molecule has 1 atom stereocenters. The van der Waals surface area contributed by atoms with Gasteiger partial charge in [0.1, 0.15) is 0 Å². The molecule has 0 saturated carbocycles. The van der Waals surface area contributed by atoms with Crippen LogP contribution in [-0.2, 0) is 14.3 Å². The van der Waals surface area contributed by atoms with Crippen LogP contribution in [-0.4, -0.2) is 23.1 Å². The van der Waals surface area contributed by atoms with Crippen molar-refractivity contribution in [3.63, 3.8) is 0 Å². The average Bonchev–Trinajstić information content (AvgIpc) is 2.40. The van der Waals surface area contributed by atoms with Crippen LogP contribution in [0.15, 0.2) is 36.0 Å². The molecular formula is C14H16INO4. The molecule has 20 heavy (non-hydrogen) atoms. The van der Waals surface area contributed by atoms with Gasteiger partial charge in [0.2, 0.25) is 0 Å². The van der Waals surface area contributed by atoms with Gasteiger partial charge in [-0.15, -0.1) is 0 Å². The molecule has 1 aromatic carbocycles. The maximum Gasteiger partial charge on any atom is 0.347 e. The van der Waals surface area contributed by atoms with Gasteiger partial charge >= 0.3 is 11.9 Å². The summed E-state index contributed by atoms with van der Waals surface area (Å²) in [5.41, 5.74) is 0.299. The molecule has 0 heterocycles. The summed E-state index contributed by atoms with van der Waals surface area (Å²) in [5, 5.41) is 11.9. The Morgan fingerprint density at radius 3 is 2.65 bits per heavy atom. The molecule has 0 radical (unpaired) electrons. The third-order valence-electron chi connectivity index (χ3n) is 2.58. The molecule has 2 N–H and O–H groups in total. The Kier molecular flexibility index (Phi) is 6.50. The second-order valence-electron chi connectivity index (χ2n) is 4.11. The number of carbonyl (C=O) groups is 2. The zero-order chi connectivity index (χ0) is 15.1. The summed E-state index contributed by atoms with van der Waals surface area (Å²) < 4.78 is 5.93. The normalized spacial score (nSPS) is 12.7. The Labute approximate surface area is 131 Å². The maximum atomic E-state index is 11.7. The summed E-state index contributed by atoms with van der Waals surface area (Å²) in [5.74, 6) is -2.16. The molecule has 0 aromatic heterocycles. The SMILES string of the molecule is CCC(C)OC(=O)C(=CNc1ccccc1I)C(=O)O. The van der Waals surface area contributed by atoms with E-state index in [9.17, 15) is 9.59 Å². The Hall–Kier alpha value is -1.57. The highest BCUT2D eigenvalue weighted by Crippen LogP contribution is 2.17. The fourth-order valence-electron chi connectivity index (χ4n) is 1.27. The van der Waals surface area contributed by atoms with Crippen molar-refractivity contribution in [2.75, 3.05) is 5.32 Å². The molecule has 5 nitrogen and oxygen atoms in total. The first-order chi connectivity index (χ1) is 9.45. The monoisotopic (exact) mass is 389 g/mol. The Balaban J connectivity index is 2.86. The average molecular weight is 389 g/mol. The molecule has 6 heteroatoms. The molecule has 0 saturated heterocycles. The van der Waals surface area contributed by atoms with Gasteiger partial charge in [0.15, 0.2) is 5.57 Å². The Morgan fingerprint density at radius 1 is 1.45 bits per heavy atom. The van der Waals surface area contributed by atoms with Crippen LogP contribution in [0.2, 0.25) is 0 Å². The van der Waals surface area contributed by atoms with E-state index in [1.807, 2.05) is 25.1 Å². The minimum Gasteiger partial charge on any atom is -0.477 e. The number of anilines is 1. The lowest BCUT2D eigenvalue weighted by Crippen LogP contribution is -2.21. The molecule has 0 spiro atoms. The smallest absolute Gasteiger partial charge is 0.347 e. The predicted molar refractivity (Wildman–Crippen MR) is 84.3 cm³/mol. The summed E-state index contributed by atoms with van der Waals surface area (Å²) in [7, 11) is 0. The number of benzene rings is 1. The van der Waals surface area contributed by atoms with Crippen molar-refractivity contribution in [3.8, 4) is 0 Å². The van der Waals surface area contributed by atoms with Crippen molar-refractivity contribution in [2.24, 2.45) is 0 Å². The number of hydrogen-bond donors (Lipinski definition) is 2. The Bertz CT molecular complexity index is 528. The number of halogens is 1. The van der Waals surface area contributed by atoms with Crippen molar-refractivity contribution in [2.45, 2.75) is 26.4 Å². The van der Waals surface area contributed by atoms with Gasteiger partial charge in [-0.05, 0) is 48.1 Å². The molecule has 1 unspecified atom stereocenters. The molecule has 0 bridgehead atoms. The van der Waals surface area contributed by atoms with E-state index in [4.69, 9.17) is 9.84 Å². The summed E-state index contributed by atoms with van der Waals surface area (Å²) >= 11 is 2.11. The van der Waals surface area contributed by atoms with E-state index in [0.29, 0.717) is 6.42 Å². The van der Waals surface area contributed by atoms with Crippen LogP contribution in [0, 0.1) is 3.57 Å². The summed E-state index contributed by atoms with van der Waals surface area (Å²) in [6.45, 7) is 3.57. The number of nitrogens with one attached hydrogen (secondary N) is 1.